The maximum absolute atomic E-state index is 11.8. The molecule has 1 saturated heterocycles. The molecule has 0 bridgehead atoms. The summed E-state index contributed by atoms with van der Waals surface area (Å²) in [5.41, 5.74) is 1.32. The SMILES string of the molecule is CC(CCNC(=O)CC1COCCN1)c1ccccc1. The number of hydrogen-bond donors (Lipinski definition) is 2. The van der Waals surface area contributed by atoms with Crippen molar-refractivity contribution in [2.75, 3.05) is 26.3 Å². The Labute approximate surface area is 120 Å². The molecule has 4 heteroatoms. The Bertz CT molecular complexity index is 402. The summed E-state index contributed by atoms with van der Waals surface area (Å²) in [6, 6.07) is 10.6. The number of carbonyl (C=O) groups excluding carboxylic acids is 1. The average Bonchev–Trinajstić information content (AvgIpc) is 2.49. The van der Waals surface area contributed by atoms with Crippen LogP contribution in [0.5, 0.6) is 0 Å². The lowest BCUT2D eigenvalue weighted by molar-refractivity contribution is -0.122. The van der Waals surface area contributed by atoms with E-state index in [2.05, 4.69) is 41.8 Å². The van der Waals surface area contributed by atoms with E-state index in [0.29, 0.717) is 18.9 Å². The van der Waals surface area contributed by atoms with Crippen molar-refractivity contribution in [3.63, 3.8) is 0 Å². The number of carbonyl (C=O) groups is 1. The van der Waals surface area contributed by atoms with Gasteiger partial charge in [-0.1, -0.05) is 37.3 Å². The third-order valence-corrected chi connectivity index (χ3v) is 3.70. The highest BCUT2D eigenvalue weighted by molar-refractivity contribution is 5.76. The van der Waals surface area contributed by atoms with Crippen LogP contribution in [0.1, 0.15) is 31.2 Å². The molecule has 0 radical (unpaired) electrons. The van der Waals surface area contributed by atoms with E-state index in [-0.39, 0.29) is 11.9 Å². The minimum Gasteiger partial charge on any atom is -0.378 e. The topological polar surface area (TPSA) is 50.4 Å². The normalized spacial score (nSPS) is 20.4. The standard InChI is InChI=1S/C16H24N2O2/c1-13(14-5-3-2-4-6-14)7-8-18-16(19)11-15-12-20-10-9-17-15/h2-6,13,15,17H,7-12H2,1H3,(H,18,19). The van der Waals surface area contributed by atoms with Gasteiger partial charge in [-0.25, -0.2) is 0 Å². The molecule has 1 aliphatic heterocycles. The molecule has 0 spiro atoms. The molecule has 1 aliphatic rings. The van der Waals surface area contributed by atoms with Crippen molar-refractivity contribution >= 4 is 5.91 Å². The lowest BCUT2D eigenvalue weighted by atomic mass is 9.98. The van der Waals surface area contributed by atoms with Crippen molar-refractivity contribution in [3.05, 3.63) is 35.9 Å². The molecule has 0 aromatic heterocycles. The number of hydrogen-bond acceptors (Lipinski definition) is 3. The van der Waals surface area contributed by atoms with Crippen LogP contribution < -0.4 is 10.6 Å². The van der Waals surface area contributed by atoms with Gasteiger partial charge in [0.2, 0.25) is 5.91 Å². The Kier molecular flexibility index (Phi) is 6.02. The van der Waals surface area contributed by atoms with Crippen molar-refractivity contribution in [3.8, 4) is 0 Å². The van der Waals surface area contributed by atoms with Crippen LogP contribution in [0.15, 0.2) is 30.3 Å². The second-order valence-corrected chi connectivity index (χ2v) is 5.38. The maximum atomic E-state index is 11.8. The predicted molar refractivity (Wildman–Crippen MR) is 79.7 cm³/mol. The second-order valence-electron chi connectivity index (χ2n) is 5.38. The van der Waals surface area contributed by atoms with E-state index >= 15 is 0 Å². The molecule has 2 atom stereocenters. The Morgan fingerprint density at radius 3 is 2.95 bits per heavy atom. The van der Waals surface area contributed by atoms with Crippen LogP contribution in [0.2, 0.25) is 0 Å². The summed E-state index contributed by atoms with van der Waals surface area (Å²) >= 11 is 0. The molecule has 20 heavy (non-hydrogen) atoms. The first-order valence-corrected chi connectivity index (χ1v) is 7.38. The first-order valence-electron chi connectivity index (χ1n) is 7.38. The van der Waals surface area contributed by atoms with Gasteiger partial charge in [-0.15, -0.1) is 0 Å². The van der Waals surface area contributed by atoms with E-state index in [1.165, 1.54) is 5.56 Å². The van der Waals surface area contributed by atoms with Gasteiger partial charge in [-0.05, 0) is 17.9 Å². The van der Waals surface area contributed by atoms with E-state index < -0.39 is 0 Å². The van der Waals surface area contributed by atoms with Crippen LogP contribution in [0.3, 0.4) is 0 Å². The molecule has 1 heterocycles. The fourth-order valence-electron chi connectivity index (χ4n) is 2.42. The predicted octanol–water partition coefficient (Wildman–Crippen LogP) is 1.67. The molecule has 2 rings (SSSR count). The zero-order valence-corrected chi connectivity index (χ0v) is 12.1. The molecule has 2 unspecified atom stereocenters. The highest BCUT2D eigenvalue weighted by Gasteiger charge is 2.16. The van der Waals surface area contributed by atoms with Gasteiger partial charge in [0.25, 0.3) is 0 Å². The maximum Gasteiger partial charge on any atom is 0.221 e. The zero-order valence-electron chi connectivity index (χ0n) is 12.1. The van der Waals surface area contributed by atoms with Gasteiger partial charge in [0.05, 0.1) is 13.2 Å². The summed E-state index contributed by atoms with van der Waals surface area (Å²) in [7, 11) is 0. The number of benzene rings is 1. The highest BCUT2D eigenvalue weighted by Crippen LogP contribution is 2.17. The Balaban J connectivity index is 1.63. The van der Waals surface area contributed by atoms with Gasteiger partial charge in [-0.3, -0.25) is 4.79 Å². The van der Waals surface area contributed by atoms with E-state index in [9.17, 15) is 4.79 Å². The smallest absolute Gasteiger partial charge is 0.221 e. The molecule has 1 fully saturated rings. The van der Waals surface area contributed by atoms with E-state index in [0.717, 1.165) is 26.1 Å². The molecule has 110 valence electrons. The third-order valence-electron chi connectivity index (χ3n) is 3.70. The monoisotopic (exact) mass is 276 g/mol. The Hall–Kier alpha value is -1.39. The fourth-order valence-corrected chi connectivity index (χ4v) is 2.42. The van der Waals surface area contributed by atoms with Gasteiger partial charge in [0, 0.05) is 25.6 Å². The number of morpholine rings is 1. The van der Waals surface area contributed by atoms with Gasteiger partial charge in [0.15, 0.2) is 0 Å². The first kappa shape index (κ1) is 15.0. The quantitative estimate of drug-likeness (QED) is 0.831. The molecule has 2 N–H and O–H groups in total. The number of rotatable bonds is 6. The molecule has 1 aromatic carbocycles. The molecular formula is C16H24N2O2. The fraction of sp³-hybridized carbons (Fsp3) is 0.562. The summed E-state index contributed by atoms with van der Waals surface area (Å²) in [6.07, 6.45) is 1.46. The summed E-state index contributed by atoms with van der Waals surface area (Å²) in [6.45, 7) is 5.13. The molecule has 0 aliphatic carbocycles. The van der Waals surface area contributed by atoms with Gasteiger partial charge >= 0.3 is 0 Å². The summed E-state index contributed by atoms with van der Waals surface area (Å²) in [5.74, 6) is 0.570. The Morgan fingerprint density at radius 1 is 1.45 bits per heavy atom. The summed E-state index contributed by atoms with van der Waals surface area (Å²) in [5, 5.41) is 6.29. The summed E-state index contributed by atoms with van der Waals surface area (Å²) < 4.78 is 5.34. The van der Waals surface area contributed by atoms with E-state index in [1.807, 2.05) is 6.07 Å². The minimum absolute atomic E-state index is 0.105. The van der Waals surface area contributed by atoms with Crippen molar-refractivity contribution in [1.29, 1.82) is 0 Å². The van der Waals surface area contributed by atoms with E-state index in [4.69, 9.17) is 4.74 Å². The molecule has 0 saturated carbocycles. The highest BCUT2D eigenvalue weighted by atomic mass is 16.5. The number of ether oxygens (including phenoxy) is 1. The van der Waals surface area contributed by atoms with Crippen LogP contribution in [0, 0.1) is 0 Å². The van der Waals surface area contributed by atoms with Crippen LogP contribution in [0.4, 0.5) is 0 Å². The van der Waals surface area contributed by atoms with E-state index in [1.54, 1.807) is 0 Å². The van der Waals surface area contributed by atoms with Crippen LogP contribution >= 0.6 is 0 Å². The van der Waals surface area contributed by atoms with Crippen molar-refractivity contribution in [2.24, 2.45) is 0 Å². The largest absolute Gasteiger partial charge is 0.378 e. The molecule has 1 aromatic rings. The lowest BCUT2D eigenvalue weighted by Crippen LogP contribution is -2.44. The number of nitrogens with one attached hydrogen (secondary N) is 2. The second kappa shape index (κ2) is 8.02. The molecule has 1 amide bonds. The van der Waals surface area contributed by atoms with Crippen LogP contribution in [-0.4, -0.2) is 38.3 Å². The van der Waals surface area contributed by atoms with Crippen molar-refractivity contribution in [1.82, 2.24) is 10.6 Å². The third kappa shape index (κ3) is 4.94. The molecular weight excluding hydrogens is 252 g/mol. The number of amides is 1. The van der Waals surface area contributed by atoms with Crippen LogP contribution in [0.25, 0.3) is 0 Å². The summed E-state index contributed by atoms with van der Waals surface area (Å²) in [4.78, 5) is 11.8. The lowest BCUT2D eigenvalue weighted by Gasteiger charge is -2.23. The molecule has 4 nitrogen and oxygen atoms in total. The van der Waals surface area contributed by atoms with Gasteiger partial charge < -0.3 is 15.4 Å². The van der Waals surface area contributed by atoms with Gasteiger partial charge in [-0.2, -0.15) is 0 Å². The van der Waals surface area contributed by atoms with Crippen molar-refractivity contribution in [2.45, 2.75) is 31.7 Å². The Morgan fingerprint density at radius 2 is 2.25 bits per heavy atom. The van der Waals surface area contributed by atoms with Crippen molar-refractivity contribution < 1.29 is 9.53 Å². The first-order chi connectivity index (χ1) is 9.75. The average molecular weight is 276 g/mol. The van der Waals surface area contributed by atoms with Crippen LogP contribution in [-0.2, 0) is 9.53 Å². The minimum atomic E-state index is 0.105. The van der Waals surface area contributed by atoms with Gasteiger partial charge in [0.1, 0.15) is 0 Å². The zero-order chi connectivity index (χ0) is 14.2.